The summed E-state index contributed by atoms with van der Waals surface area (Å²) >= 11 is -4.52. The predicted molar refractivity (Wildman–Crippen MR) is 308 cm³/mol. The Labute approximate surface area is 445 Å². The molecule has 412 valence electrons. The molecule has 0 aromatic heterocycles. The number of carboxylic acid groups (broad SMARTS) is 1. The zero-order valence-corrected chi connectivity index (χ0v) is 53.7. The number of esters is 1. The second-order valence-electron chi connectivity index (χ2n) is 22.3. The summed E-state index contributed by atoms with van der Waals surface area (Å²) in [6, 6.07) is 0. The number of rotatable bonds is 35. The molecule has 0 radical (unpaired) electrons. The minimum absolute atomic E-state index is 0.00243. The van der Waals surface area contributed by atoms with E-state index in [4.69, 9.17) is 9.84 Å². The van der Waals surface area contributed by atoms with Gasteiger partial charge in [-0.3, -0.25) is 4.79 Å². The van der Waals surface area contributed by atoms with Crippen LogP contribution in [0.3, 0.4) is 0 Å². The molecule has 0 bridgehead atoms. The van der Waals surface area contributed by atoms with Gasteiger partial charge in [-0.2, -0.15) is 0 Å². The van der Waals surface area contributed by atoms with Crippen molar-refractivity contribution in [2.45, 2.75) is 250 Å². The van der Waals surface area contributed by atoms with Crippen LogP contribution in [0.5, 0.6) is 0 Å². The third kappa shape index (κ3) is 32.4. The zero-order valence-electron chi connectivity index (χ0n) is 48.0. The van der Waals surface area contributed by atoms with Crippen molar-refractivity contribution in [3.8, 4) is 0 Å². The summed E-state index contributed by atoms with van der Waals surface area (Å²) in [6.45, 7) is 27.1. The van der Waals surface area contributed by atoms with Gasteiger partial charge in [-0.05, 0) is 25.7 Å². The first kappa shape index (κ1) is 69.4. The van der Waals surface area contributed by atoms with Crippen LogP contribution >= 0.6 is 0 Å². The fraction of sp³-hybridized carbons (Fsp3) is 0.800. The van der Waals surface area contributed by atoms with Crippen molar-refractivity contribution in [3.63, 3.8) is 0 Å². The molecule has 0 saturated heterocycles. The van der Waals surface area contributed by atoms with Gasteiger partial charge in [-0.25, -0.2) is 0 Å². The number of aliphatic carboxylic acids is 1. The second-order valence-corrected chi connectivity index (χ2v) is 48.3. The van der Waals surface area contributed by atoms with E-state index in [1.807, 2.05) is 39.8 Å². The Morgan fingerprint density at radius 3 is 1.17 bits per heavy atom. The van der Waals surface area contributed by atoms with Crippen molar-refractivity contribution in [2.75, 3.05) is 13.1 Å². The van der Waals surface area contributed by atoms with Crippen LogP contribution < -0.4 is 10.6 Å². The van der Waals surface area contributed by atoms with Crippen molar-refractivity contribution in [1.82, 2.24) is 10.6 Å². The standard InChI is InChI=1S/C18H28NO3.C12H20NO2.C6H10O2.6C4H9.2Sn/c1-5-12-19-16(20)11-10-14(4)17(13(2)3)22-18(21)15-8-6-7-9-15;1-5-8-13-11(14)7-6-10(4)12(15)9(2)3;7-6(8)5-3-1-2-4-5;6*1-3-4-2;;/h1,5,10-11,13-15,17H,6-9,12H2,2-4H3,(H,19,20);1,5-7,9-10,12,15H,8H2,2-4H3,(H,13,14);5H,1-4H2,(H,7,8);6*1,3-4H2,2H3;;/b5-1?,11-10+;5-1?,7-6+;;;;;;;;;/t14-,17-;10-,12-;;;;;;;;;/m11........./s1. The van der Waals surface area contributed by atoms with Crippen LogP contribution in [0.2, 0.25) is 26.6 Å². The molecule has 0 unspecified atom stereocenters. The summed E-state index contributed by atoms with van der Waals surface area (Å²) in [4.78, 5) is 47.3. The molecule has 71 heavy (non-hydrogen) atoms. The average Bonchev–Trinajstić information content (AvgIpc) is 4.12. The number of amides is 2. The van der Waals surface area contributed by atoms with E-state index in [1.54, 1.807) is 12.2 Å². The van der Waals surface area contributed by atoms with Crippen molar-refractivity contribution < 1.29 is 34.1 Å². The normalized spacial score (nSPS) is 16.6. The van der Waals surface area contributed by atoms with E-state index in [-0.39, 0.29) is 59.4 Å². The largest absolute Gasteiger partial charge is 0.481 e. The van der Waals surface area contributed by atoms with Crippen molar-refractivity contribution in [2.24, 2.45) is 35.5 Å². The fourth-order valence-corrected chi connectivity index (χ4v) is 39.0. The Balaban J connectivity index is 0.00000121. The van der Waals surface area contributed by atoms with Gasteiger partial charge < -0.3 is 5.11 Å². The van der Waals surface area contributed by atoms with E-state index >= 15 is 0 Å². The Morgan fingerprint density at radius 2 is 0.873 bits per heavy atom. The van der Waals surface area contributed by atoms with Crippen molar-refractivity contribution in [3.05, 3.63) is 44.6 Å². The molecular weight excluding hydrogens is 1100 g/mol. The topological polar surface area (TPSA) is 142 Å². The summed E-state index contributed by atoms with van der Waals surface area (Å²) in [5.74, 6) is -0.359. The second kappa shape index (κ2) is 42.6. The van der Waals surface area contributed by atoms with Gasteiger partial charge >= 0.3 is 382 Å². The molecule has 2 amide bonds. The van der Waals surface area contributed by atoms with E-state index in [0.717, 1.165) is 51.4 Å². The number of carbonyl (C=O) groups is 4. The van der Waals surface area contributed by atoms with Gasteiger partial charge in [0.15, 0.2) is 0 Å². The maximum absolute atomic E-state index is 12.5. The van der Waals surface area contributed by atoms with Gasteiger partial charge in [0.25, 0.3) is 0 Å². The molecule has 2 aliphatic rings. The molecule has 2 rings (SSSR count). The number of carboxylic acids is 1. The first-order chi connectivity index (χ1) is 33.9. The van der Waals surface area contributed by atoms with Gasteiger partial charge in [0.2, 0.25) is 0 Å². The van der Waals surface area contributed by atoms with E-state index in [9.17, 15) is 24.3 Å². The van der Waals surface area contributed by atoms with E-state index in [1.165, 1.54) is 104 Å². The molecule has 4 atom stereocenters. The Hall–Kier alpha value is -1.60. The number of unbranched alkanes of at least 4 members (excludes halogenated alkanes) is 6. The van der Waals surface area contributed by atoms with Crippen LogP contribution in [-0.2, 0) is 23.9 Å². The first-order valence-electron chi connectivity index (χ1n) is 29.3. The number of ether oxygens (including phenoxy) is 1. The average molecular weight is 1210 g/mol. The zero-order chi connectivity index (χ0) is 53.5. The molecule has 2 saturated carbocycles. The molecule has 0 aliphatic heterocycles. The minimum atomic E-state index is -2.28. The summed E-state index contributed by atoms with van der Waals surface area (Å²) in [7, 11) is 0. The molecule has 2 aliphatic carbocycles. The summed E-state index contributed by atoms with van der Waals surface area (Å²) in [6.07, 6.45) is 34.8. The number of carbonyl (C=O) groups excluding carboxylic acids is 3. The predicted octanol–water partition coefficient (Wildman–Crippen LogP) is 15.5. The van der Waals surface area contributed by atoms with E-state index in [0.29, 0.717) is 13.1 Å². The van der Waals surface area contributed by atoms with Crippen molar-refractivity contribution >= 4 is 60.5 Å². The van der Waals surface area contributed by atoms with Crippen LogP contribution in [0, 0.1) is 35.5 Å². The minimum Gasteiger partial charge on any atom is -0.481 e. The summed E-state index contributed by atoms with van der Waals surface area (Å²) in [5.41, 5.74) is 0. The maximum atomic E-state index is 12.5. The number of aliphatic hydroxyl groups is 1. The van der Waals surface area contributed by atoms with Gasteiger partial charge in [-0.1, -0.05) is 25.7 Å². The molecule has 0 heterocycles. The summed E-state index contributed by atoms with van der Waals surface area (Å²) < 4.78 is 19.8. The third-order valence-corrected chi connectivity index (χ3v) is 43.5. The Morgan fingerprint density at radius 1 is 0.535 bits per heavy atom. The Bertz CT molecular complexity index is 1470. The van der Waals surface area contributed by atoms with Crippen molar-refractivity contribution in [1.29, 1.82) is 0 Å². The number of hydrogen-bond donors (Lipinski definition) is 4. The molecule has 9 nitrogen and oxygen atoms in total. The molecule has 0 aromatic rings. The molecule has 11 heteroatoms. The molecule has 0 aromatic carbocycles. The number of hydrogen-bond acceptors (Lipinski definition) is 6. The van der Waals surface area contributed by atoms with Gasteiger partial charge in [0, 0.05) is 0 Å². The first-order valence-corrected chi connectivity index (χ1v) is 44.7. The molecule has 2 fully saturated rings. The monoisotopic (exact) mass is 1210 g/mol. The Kier molecular flexibility index (Phi) is 41.6. The van der Waals surface area contributed by atoms with Crippen LogP contribution in [0.4, 0.5) is 0 Å². The quantitative estimate of drug-likeness (QED) is 0.0281. The third-order valence-electron chi connectivity index (χ3n) is 15.0. The number of aliphatic hydroxyl groups excluding tert-OH is 1. The van der Waals surface area contributed by atoms with Gasteiger partial charge in [0.1, 0.15) is 0 Å². The van der Waals surface area contributed by atoms with Crippen LogP contribution in [0.15, 0.2) is 44.6 Å². The van der Waals surface area contributed by atoms with E-state index in [2.05, 4.69) is 86.4 Å². The van der Waals surface area contributed by atoms with Crippen LogP contribution in [0.25, 0.3) is 0 Å². The molecule has 4 N–H and O–H groups in total. The smallest absolute Gasteiger partial charge is 0.306 e. The van der Waals surface area contributed by atoms with Gasteiger partial charge in [0.05, 0.1) is 5.92 Å². The molecular formula is C60H112N2O7Sn2. The number of nitrogens with one attached hydrogen (secondary N) is 2. The SMILES string of the molecule is CCC[CH2][Sn](/[CH]=C/CNC(=O)/C=C/[C@@H](C)[C@H](O)C(C)C)([CH2]CCC)[CH2]CCC.CCC[CH2][Sn](/[CH]=C/CNC(=O)/C=C/[C@@H](C)[C@H](OC(=O)C1CCCC1)C(C)C)([CH2]CCC)[CH2]CCC.O=C(O)C1CCCC1. The maximum Gasteiger partial charge on any atom is 0.306 e. The van der Waals surface area contributed by atoms with Crippen LogP contribution in [-0.4, -0.2) is 96.0 Å². The fourth-order valence-electron chi connectivity index (χ4n) is 10.2. The van der Waals surface area contributed by atoms with Gasteiger partial charge in [-0.15, -0.1) is 0 Å². The van der Waals surface area contributed by atoms with E-state index < -0.39 is 48.8 Å². The van der Waals surface area contributed by atoms with Crippen LogP contribution in [0.1, 0.15) is 212 Å². The summed E-state index contributed by atoms with van der Waals surface area (Å²) in [5, 5.41) is 24.5. The molecule has 0 spiro atoms.